The molecule has 2 aromatic rings. The van der Waals surface area contributed by atoms with E-state index in [9.17, 15) is 13.2 Å². The Kier molecular flexibility index (Phi) is 4.67. The van der Waals surface area contributed by atoms with Gasteiger partial charge in [0.1, 0.15) is 5.75 Å². The van der Waals surface area contributed by atoms with Gasteiger partial charge in [-0.1, -0.05) is 0 Å². The summed E-state index contributed by atoms with van der Waals surface area (Å²) >= 11 is 0. The number of pyridine rings is 1. The van der Waals surface area contributed by atoms with Crippen molar-refractivity contribution in [1.82, 2.24) is 4.98 Å². The van der Waals surface area contributed by atoms with Gasteiger partial charge < -0.3 is 10.5 Å². The number of hydrogen-bond donors (Lipinski definition) is 1. The van der Waals surface area contributed by atoms with Crippen LogP contribution in [-0.4, -0.2) is 11.6 Å². The summed E-state index contributed by atoms with van der Waals surface area (Å²) in [5, 5.41) is 0. The molecule has 2 N–H and O–H groups in total. The van der Waals surface area contributed by atoms with Crippen molar-refractivity contribution in [3.05, 3.63) is 53.9 Å². The van der Waals surface area contributed by atoms with Crippen LogP contribution in [0.2, 0.25) is 0 Å². The molecule has 0 fully saturated rings. The molecule has 21 heavy (non-hydrogen) atoms. The summed E-state index contributed by atoms with van der Waals surface area (Å²) in [6, 6.07) is 7.37. The molecule has 0 spiro atoms. The van der Waals surface area contributed by atoms with Crippen molar-refractivity contribution in [2.24, 2.45) is 0 Å². The summed E-state index contributed by atoms with van der Waals surface area (Å²) in [6.45, 7) is 0.337. The molecule has 1 heterocycles. The predicted molar refractivity (Wildman–Crippen MR) is 73.9 cm³/mol. The first-order chi connectivity index (χ1) is 9.97. The fourth-order valence-electron chi connectivity index (χ4n) is 1.89. The van der Waals surface area contributed by atoms with E-state index in [0.29, 0.717) is 13.0 Å². The predicted octanol–water partition coefficient (Wildman–Crippen LogP) is 3.69. The van der Waals surface area contributed by atoms with Crippen LogP contribution in [0.4, 0.5) is 18.9 Å². The second kappa shape index (κ2) is 6.47. The molecule has 1 aromatic carbocycles. The number of halogens is 3. The number of benzene rings is 1. The lowest BCUT2D eigenvalue weighted by atomic mass is 10.1. The maximum atomic E-state index is 12.7. The monoisotopic (exact) mass is 296 g/mol. The average molecular weight is 296 g/mol. The van der Waals surface area contributed by atoms with Crippen molar-refractivity contribution in [2.45, 2.75) is 19.0 Å². The molecule has 0 radical (unpaired) electrons. The lowest BCUT2D eigenvalue weighted by molar-refractivity contribution is -0.137. The van der Waals surface area contributed by atoms with Crippen LogP contribution in [0.15, 0.2) is 42.7 Å². The third kappa shape index (κ3) is 4.37. The summed E-state index contributed by atoms with van der Waals surface area (Å²) < 4.78 is 43.4. The molecule has 0 saturated carbocycles. The van der Waals surface area contributed by atoms with E-state index in [0.717, 1.165) is 18.1 Å². The van der Waals surface area contributed by atoms with Gasteiger partial charge in [0.05, 0.1) is 12.2 Å². The summed E-state index contributed by atoms with van der Waals surface area (Å²) in [6.07, 6.45) is 0.414. The van der Waals surface area contributed by atoms with E-state index >= 15 is 0 Å². The first kappa shape index (κ1) is 15.2. The molecule has 0 unspecified atom stereocenters. The topological polar surface area (TPSA) is 48.1 Å². The second-order valence-corrected chi connectivity index (χ2v) is 4.55. The zero-order valence-electron chi connectivity index (χ0n) is 11.2. The average Bonchev–Trinajstić information content (AvgIpc) is 2.45. The Morgan fingerprint density at radius 3 is 2.48 bits per heavy atom. The number of nitrogen functional groups attached to an aromatic ring is 1. The van der Waals surface area contributed by atoms with Crippen LogP contribution in [0.3, 0.4) is 0 Å². The molecule has 6 heteroatoms. The van der Waals surface area contributed by atoms with E-state index in [-0.39, 0.29) is 11.4 Å². The van der Waals surface area contributed by atoms with Crippen molar-refractivity contribution in [3.8, 4) is 5.75 Å². The first-order valence-electron chi connectivity index (χ1n) is 6.45. The number of anilines is 1. The number of aromatic nitrogens is 1. The minimum Gasteiger partial charge on any atom is -0.494 e. The second-order valence-electron chi connectivity index (χ2n) is 4.55. The highest BCUT2D eigenvalue weighted by Gasteiger charge is 2.33. The molecule has 0 amide bonds. The summed E-state index contributed by atoms with van der Waals surface area (Å²) in [7, 11) is 0. The number of ether oxygens (including phenoxy) is 1. The molecular weight excluding hydrogens is 281 g/mol. The Bertz CT molecular complexity index is 585. The van der Waals surface area contributed by atoms with Crippen molar-refractivity contribution < 1.29 is 17.9 Å². The van der Waals surface area contributed by atoms with Gasteiger partial charge >= 0.3 is 6.18 Å². The van der Waals surface area contributed by atoms with Crippen LogP contribution in [0.5, 0.6) is 5.75 Å². The molecule has 0 aliphatic carbocycles. The number of hydrogen-bond acceptors (Lipinski definition) is 3. The Hall–Kier alpha value is -2.24. The normalized spacial score (nSPS) is 11.4. The fourth-order valence-corrected chi connectivity index (χ4v) is 1.89. The van der Waals surface area contributed by atoms with Crippen LogP contribution in [0.25, 0.3) is 0 Å². The molecule has 2 rings (SSSR count). The lowest BCUT2D eigenvalue weighted by Gasteiger charge is -2.12. The van der Waals surface area contributed by atoms with E-state index in [2.05, 4.69) is 4.98 Å². The number of nitrogens with zero attached hydrogens (tertiary/aromatic N) is 1. The van der Waals surface area contributed by atoms with E-state index < -0.39 is 11.7 Å². The first-order valence-corrected chi connectivity index (χ1v) is 6.45. The smallest absolute Gasteiger partial charge is 0.418 e. The molecular formula is C15H15F3N2O. The Balaban J connectivity index is 1.89. The maximum Gasteiger partial charge on any atom is 0.418 e. The number of aryl methyl sites for hydroxylation is 1. The molecule has 112 valence electrons. The zero-order chi connectivity index (χ0) is 15.3. The number of alkyl halides is 3. The van der Waals surface area contributed by atoms with Gasteiger partial charge in [0.2, 0.25) is 0 Å². The number of nitrogens with two attached hydrogens (primary N) is 1. The van der Waals surface area contributed by atoms with Gasteiger partial charge in [0.15, 0.2) is 0 Å². The highest BCUT2D eigenvalue weighted by atomic mass is 19.4. The molecule has 3 nitrogen and oxygen atoms in total. The standard InChI is InChI=1S/C15H15F3N2O/c16-15(17,18)13-10-12(3-4-14(13)19)21-9-1-2-11-5-7-20-8-6-11/h3-8,10H,1-2,9,19H2. The molecule has 1 aromatic heterocycles. The minimum atomic E-state index is -4.47. The van der Waals surface area contributed by atoms with Crippen molar-refractivity contribution >= 4 is 5.69 Å². The zero-order valence-corrected chi connectivity index (χ0v) is 11.2. The molecule has 0 bridgehead atoms. The van der Waals surface area contributed by atoms with Gasteiger partial charge in [-0.05, 0) is 48.7 Å². The third-order valence-electron chi connectivity index (χ3n) is 2.96. The van der Waals surface area contributed by atoms with E-state index in [1.807, 2.05) is 12.1 Å². The number of rotatable bonds is 5. The van der Waals surface area contributed by atoms with Crippen LogP contribution in [0.1, 0.15) is 17.5 Å². The summed E-state index contributed by atoms with van der Waals surface area (Å²) in [5.74, 6) is 0.172. The van der Waals surface area contributed by atoms with Crippen LogP contribution in [-0.2, 0) is 12.6 Å². The summed E-state index contributed by atoms with van der Waals surface area (Å²) in [5.41, 5.74) is 5.27. The highest BCUT2D eigenvalue weighted by molar-refractivity contribution is 5.51. The maximum absolute atomic E-state index is 12.7. The minimum absolute atomic E-state index is 0.172. The van der Waals surface area contributed by atoms with Gasteiger partial charge in [-0.2, -0.15) is 13.2 Å². The van der Waals surface area contributed by atoms with Crippen LogP contribution < -0.4 is 10.5 Å². The highest BCUT2D eigenvalue weighted by Crippen LogP contribution is 2.35. The SMILES string of the molecule is Nc1ccc(OCCCc2ccncc2)cc1C(F)(F)F. The molecule has 0 atom stereocenters. The lowest BCUT2D eigenvalue weighted by Crippen LogP contribution is -2.09. The van der Waals surface area contributed by atoms with E-state index in [1.54, 1.807) is 12.4 Å². The molecule has 0 aliphatic rings. The van der Waals surface area contributed by atoms with E-state index in [4.69, 9.17) is 10.5 Å². The van der Waals surface area contributed by atoms with Gasteiger partial charge in [0, 0.05) is 18.1 Å². The van der Waals surface area contributed by atoms with Crippen molar-refractivity contribution in [3.63, 3.8) is 0 Å². The van der Waals surface area contributed by atoms with Gasteiger partial charge in [0.25, 0.3) is 0 Å². The molecule has 0 saturated heterocycles. The Morgan fingerprint density at radius 1 is 1.10 bits per heavy atom. The fraction of sp³-hybridized carbons (Fsp3) is 0.267. The largest absolute Gasteiger partial charge is 0.494 e. The Labute approximate surface area is 120 Å². The van der Waals surface area contributed by atoms with Crippen LogP contribution in [0, 0.1) is 0 Å². The van der Waals surface area contributed by atoms with Gasteiger partial charge in [-0.15, -0.1) is 0 Å². The van der Waals surface area contributed by atoms with Crippen LogP contribution >= 0.6 is 0 Å². The van der Waals surface area contributed by atoms with Crippen molar-refractivity contribution in [2.75, 3.05) is 12.3 Å². The quantitative estimate of drug-likeness (QED) is 0.676. The molecule has 0 aliphatic heterocycles. The Morgan fingerprint density at radius 2 is 1.81 bits per heavy atom. The van der Waals surface area contributed by atoms with E-state index in [1.165, 1.54) is 12.1 Å². The van der Waals surface area contributed by atoms with Gasteiger partial charge in [-0.3, -0.25) is 4.98 Å². The van der Waals surface area contributed by atoms with Gasteiger partial charge in [-0.25, -0.2) is 0 Å². The third-order valence-corrected chi connectivity index (χ3v) is 2.96. The summed E-state index contributed by atoms with van der Waals surface area (Å²) in [4.78, 5) is 3.91. The van der Waals surface area contributed by atoms with Crippen molar-refractivity contribution in [1.29, 1.82) is 0 Å².